The number of anilines is 1. The zero-order valence-electron chi connectivity index (χ0n) is 22.9. The number of ether oxygens (including phenoxy) is 4. The highest BCUT2D eigenvalue weighted by molar-refractivity contribution is 6.05. The van der Waals surface area contributed by atoms with Crippen LogP contribution in [-0.4, -0.2) is 87.1 Å². The smallest absolute Gasteiger partial charge is 0.390 e. The number of carbonyl (C=O) groups excluding carboxylic acids is 2. The number of amides is 2. The highest BCUT2D eigenvalue weighted by Gasteiger charge is 2.32. The van der Waals surface area contributed by atoms with Gasteiger partial charge in [0.2, 0.25) is 6.79 Å². The molecule has 0 bridgehead atoms. The first-order chi connectivity index (χ1) is 18.9. The summed E-state index contributed by atoms with van der Waals surface area (Å²) >= 11 is 0. The van der Waals surface area contributed by atoms with Gasteiger partial charge in [-0.2, -0.15) is 13.2 Å². The van der Waals surface area contributed by atoms with Crippen molar-refractivity contribution >= 4 is 17.5 Å². The van der Waals surface area contributed by atoms with Gasteiger partial charge >= 0.3 is 6.18 Å². The van der Waals surface area contributed by atoms with E-state index in [2.05, 4.69) is 5.32 Å². The van der Waals surface area contributed by atoms with Crippen LogP contribution in [0.1, 0.15) is 41.0 Å². The molecule has 4 rings (SSSR count). The largest absolute Gasteiger partial charge is 0.491 e. The summed E-state index contributed by atoms with van der Waals surface area (Å²) in [5.74, 6) is 0.374. The molecule has 40 heavy (non-hydrogen) atoms. The van der Waals surface area contributed by atoms with Gasteiger partial charge in [0.25, 0.3) is 11.8 Å². The molecule has 2 amide bonds. The molecule has 2 aliphatic rings. The molecule has 9 nitrogen and oxygen atoms in total. The number of benzene rings is 2. The molecule has 0 saturated heterocycles. The molecule has 2 aliphatic heterocycles. The summed E-state index contributed by atoms with van der Waals surface area (Å²) in [6.07, 6.45) is -5.64. The number of rotatable bonds is 5. The Morgan fingerprint density at radius 3 is 2.52 bits per heavy atom. The van der Waals surface area contributed by atoms with E-state index < -0.39 is 30.7 Å². The summed E-state index contributed by atoms with van der Waals surface area (Å²) in [5.41, 5.74) is 0.997. The van der Waals surface area contributed by atoms with Crippen molar-refractivity contribution in [1.29, 1.82) is 0 Å². The lowest BCUT2D eigenvalue weighted by Gasteiger charge is -2.36. The van der Waals surface area contributed by atoms with Crippen molar-refractivity contribution in [2.24, 2.45) is 5.92 Å². The number of fused-ring (bicyclic) bond motifs is 2. The summed E-state index contributed by atoms with van der Waals surface area (Å²) in [7, 11) is 3.16. The predicted molar refractivity (Wildman–Crippen MR) is 141 cm³/mol. The number of halogens is 3. The summed E-state index contributed by atoms with van der Waals surface area (Å²) in [6, 6.07) is 9.14. The van der Waals surface area contributed by atoms with Crippen molar-refractivity contribution in [3.05, 3.63) is 47.5 Å². The molecular formula is C28H34F3N3O6. The molecule has 2 aromatic carbocycles. The highest BCUT2D eigenvalue weighted by Crippen LogP contribution is 2.33. The van der Waals surface area contributed by atoms with Gasteiger partial charge in [-0.1, -0.05) is 6.92 Å². The van der Waals surface area contributed by atoms with Crippen LogP contribution in [0.25, 0.3) is 0 Å². The van der Waals surface area contributed by atoms with E-state index in [-0.39, 0.29) is 49.6 Å². The molecule has 0 unspecified atom stereocenters. The fourth-order valence-corrected chi connectivity index (χ4v) is 4.75. The lowest BCUT2D eigenvalue weighted by molar-refractivity contribution is -0.140. The molecular weight excluding hydrogens is 531 g/mol. The van der Waals surface area contributed by atoms with E-state index >= 15 is 0 Å². The Labute approximate surface area is 231 Å². The molecule has 0 aromatic heterocycles. The minimum atomic E-state index is -4.29. The molecule has 0 saturated carbocycles. The average Bonchev–Trinajstić information content (AvgIpc) is 3.39. The summed E-state index contributed by atoms with van der Waals surface area (Å²) < 4.78 is 61.5. The molecule has 2 aromatic rings. The summed E-state index contributed by atoms with van der Waals surface area (Å²) in [5, 5.41) is 2.80. The molecule has 2 heterocycles. The van der Waals surface area contributed by atoms with Crippen molar-refractivity contribution in [2.45, 2.75) is 38.6 Å². The Kier molecular flexibility index (Phi) is 9.09. The molecule has 0 aliphatic carbocycles. The van der Waals surface area contributed by atoms with Crippen LogP contribution in [0.4, 0.5) is 18.9 Å². The normalized spacial score (nSPS) is 22.1. The monoisotopic (exact) mass is 565 g/mol. The third-order valence-electron chi connectivity index (χ3n) is 7.15. The first-order valence-electron chi connectivity index (χ1n) is 13.0. The van der Waals surface area contributed by atoms with Crippen LogP contribution in [0.5, 0.6) is 17.2 Å². The third-order valence-corrected chi connectivity index (χ3v) is 7.15. The van der Waals surface area contributed by atoms with Gasteiger partial charge in [0, 0.05) is 57.2 Å². The van der Waals surface area contributed by atoms with Crippen molar-refractivity contribution in [1.82, 2.24) is 9.80 Å². The summed E-state index contributed by atoms with van der Waals surface area (Å²) in [4.78, 5) is 29.5. The van der Waals surface area contributed by atoms with Gasteiger partial charge in [-0.3, -0.25) is 14.5 Å². The number of likely N-dealkylation sites (N-methyl/N-ethyl adjacent to an activating group) is 1. The van der Waals surface area contributed by atoms with Crippen molar-refractivity contribution in [3.8, 4) is 17.2 Å². The third kappa shape index (κ3) is 7.16. The Balaban J connectivity index is 1.59. The molecule has 0 fully saturated rings. The van der Waals surface area contributed by atoms with E-state index in [1.807, 2.05) is 6.92 Å². The van der Waals surface area contributed by atoms with E-state index in [9.17, 15) is 22.8 Å². The van der Waals surface area contributed by atoms with Crippen LogP contribution in [-0.2, 0) is 4.74 Å². The number of methoxy groups -OCH3 is 1. The van der Waals surface area contributed by atoms with Gasteiger partial charge in [-0.15, -0.1) is 0 Å². The number of hydrogen-bond acceptors (Lipinski definition) is 7. The molecule has 218 valence electrons. The van der Waals surface area contributed by atoms with Crippen LogP contribution in [0.15, 0.2) is 36.4 Å². The summed E-state index contributed by atoms with van der Waals surface area (Å²) in [6.45, 7) is 4.18. The number of hydrogen-bond donors (Lipinski definition) is 1. The maximum atomic E-state index is 13.4. The number of carbonyl (C=O) groups is 2. The van der Waals surface area contributed by atoms with E-state index in [1.54, 1.807) is 55.3 Å². The number of nitrogens with one attached hydrogen (secondary N) is 1. The average molecular weight is 566 g/mol. The molecule has 0 spiro atoms. The maximum absolute atomic E-state index is 13.4. The van der Waals surface area contributed by atoms with Gasteiger partial charge in [0.15, 0.2) is 11.5 Å². The van der Waals surface area contributed by atoms with Gasteiger partial charge in [0.1, 0.15) is 12.4 Å². The Bertz CT molecular complexity index is 1220. The minimum absolute atomic E-state index is 0.0335. The number of alkyl halides is 3. The Morgan fingerprint density at radius 1 is 1.05 bits per heavy atom. The molecule has 0 radical (unpaired) electrons. The van der Waals surface area contributed by atoms with Crippen molar-refractivity contribution in [3.63, 3.8) is 0 Å². The predicted octanol–water partition coefficient (Wildman–Crippen LogP) is 4.43. The van der Waals surface area contributed by atoms with Crippen LogP contribution in [0.3, 0.4) is 0 Å². The van der Waals surface area contributed by atoms with Crippen LogP contribution >= 0.6 is 0 Å². The minimum Gasteiger partial charge on any atom is -0.491 e. The van der Waals surface area contributed by atoms with Gasteiger partial charge < -0.3 is 29.2 Å². The van der Waals surface area contributed by atoms with Crippen molar-refractivity contribution in [2.75, 3.05) is 52.5 Å². The SMILES string of the molecule is CO[C@H]1CN(C)C(=O)c2ccc(NC(=O)c3ccc4c(c3)OCO4)cc2OC[C@H](C)N(CCC(F)(F)F)C[C@H]1C. The zero-order chi connectivity index (χ0) is 29.0. The standard InChI is InChI=1S/C28H34F3N3O6/c1-17-13-34(10-9-28(29,30)31)18(2)15-38-23-12-20(6-7-21(23)27(36)33(3)14-25(17)37-4)32-26(35)19-5-8-22-24(11-19)40-16-39-22/h5-8,11-12,17-18,25H,9-10,13-16H2,1-4H3,(H,32,35)/t17-,18+,25+/m1/s1. The van der Waals surface area contributed by atoms with E-state index in [0.29, 0.717) is 29.3 Å². The van der Waals surface area contributed by atoms with Crippen LogP contribution in [0.2, 0.25) is 0 Å². The van der Waals surface area contributed by atoms with Crippen LogP contribution in [0, 0.1) is 5.92 Å². The van der Waals surface area contributed by atoms with E-state index in [4.69, 9.17) is 18.9 Å². The second kappa shape index (κ2) is 12.3. The molecule has 1 N–H and O–H groups in total. The lowest BCUT2D eigenvalue weighted by Crippen LogP contribution is -2.47. The van der Waals surface area contributed by atoms with Gasteiger partial charge in [-0.25, -0.2) is 0 Å². The first kappa shape index (κ1) is 29.5. The van der Waals surface area contributed by atoms with Crippen LogP contribution < -0.4 is 19.5 Å². The van der Waals surface area contributed by atoms with Crippen molar-refractivity contribution < 1.29 is 41.7 Å². The molecule has 3 atom stereocenters. The lowest BCUT2D eigenvalue weighted by atomic mass is 10.0. The number of nitrogens with zero attached hydrogens (tertiary/aromatic N) is 2. The van der Waals surface area contributed by atoms with E-state index in [0.717, 1.165) is 0 Å². The maximum Gasteiger partial charge on any atom is 0.390 e. The fraction of sp³-hybridized carbons (Fsp3) is 0.500. The zero-order valence-corrected chi connectivity index (χ0v) is 22.9. The Hall–Kier alpha value is -3.51. The topological polar surface area (TPSA) is 89.6 Å². The molecule has 12 heteroatoms. The fourth-order valence-electron chi connectivity index (χ4n) is 4.75. The highest BCUT2D eigenvalue weighted by atomic mass is 19.4. The second-order valence-corrected chi connectivity index (χ2v) is 10.2. The quantitative estimate of drug-likeness (QED) is 0.574. The van der Waals surface area contributed by atoms with E-state index in [1.165, 1.54) is 12.0 Å². The second-order valence-electron chi connectivity index (χ2n) is 10.2. The van der Waals surface area contributed by atoms with Gasteiger partial charge in [0.05, 0.1) is 18.1 Å². The van der Waals surface area contributed by atoms with Gasteiger partial charge in [-0.05, 0) is 43.2 Å². The Morgan fingerprint density at radius 2 is 1.80 bits per heavy atom. The first-order valence-corrected chi connectivity index (χ1v) is 13.0.